The Bertz CT molecular complexity index is 265. The molecule has 66 valence electrons. The van der Waals surface area contributed by atoms with E-state index in [0.29, 0.717) is 0 Å². The third kappa shape index (κ3) is 3.82. The molecule has 0 unspecified atom stereocenters. The van der Waals surface area contributed by atoms with Crippen LogP contribution in [0.25, 0.3) is 0 Å². The van der Waals surface area contributed by atoms with E-state index in [-0.39, 0.29) is 22.2 Å². The minimum Gasteiger partial charge on any atom is -0.512 e. The maximum absolute atomic E-state index is 10.8. The van der Waals surface area contributed by atoms with Gasteiger partial charge in [-0.3, -0.25) is 4.79 Å². The molecule has 0 fully saturated rings. The minimum absolute atomic E-state index is 0.0741. The molecule has 0 heterocycles. The van der Waals surface area contributed by atoms with E-state index in [4.69, 9.17) is 10.8 Å². The van der Waals surface area contributed by atoms with Crippen LogP contribution in [-0.4, -0.2) is 22.2 Å². The van der Waals surface area contributed by atoms with Gasteiger partial charge in [-0.15, -0.1) is 0 Å². The second-order valence-electron chi connectivity index (χ2n) is 2.15. The number of nitrogens with zero attached hydrogens (tertiary/aromatic N) is 1. The summed E-state index contributed by atoms with van der Waals surface area (Å²) in [5, 5.41) is 8.90. The molecule has 5 heteroatoms. The highest BCUT2D eigenvalue weighted by molar-refractivity contribution is 7.80. The van der Waals surface area contributed by atoms with Gasteiger partial charge in [-0.1, -0.05) is 0 Å². The third-order valence-corrected chi connectivity index (χ3v) is 1.20. The van der Waals surface area contributed by atoms with Gasteiger partial charge in [-0.2, -0.15) is 0 Å². The van der Waals surface area contributed by atoms with Crippen molar-refractivity contribution in [3.8, 4) is 0 Å². The summed E-state index contributed by atoms with van der Waals surface area (Å²) in [6.45, 7) is 2.71. The summed E-state index contributed by atoms with van der Waals surface area (Å²) in [7, 11) is 0. The summed E-state index contributed by atoms with van der Waals surface area (Å²) in [6, 6.07) is 0. The van der Waals surface area contributed by atoms with Crippen LogP contribution in [-0.2, 0) is 4.79 Å². The number of allylic oxidation sites excluding steroid dienone is 2. The van der Waals surface area contributed by atoms with Crippen molar-refractivity contribution in [1.29, 1.82) is 0 Å². The number of hydrogen-bond donors (Lipinski definition) is 2. The first kappa shape index (κ1) is 10.8. The predicted molar refractivity (Wildman–Crippen MR) is 51.3 cm³/mol. The summed E-state index contributed by atoms with van der Waals surface area (Å²) in [5.41, 5.74) is 5.17. The molecule has 0 aliphatic heterocycles. The number of hydrogen-bond acceptors (Lipinski definition) is 3. The molecule has 0 rings (SSSR count). The highest BCUT2D eigenvalue weighted by Crippen LogP contribution is 1.98. The number of thiocarbonyl (C=S) groups is 1. The van der Waals surface area contributed by atoms with Gasteiger partial charge >= 0.3 is 0 Å². The fourth-order valence-corrected chi connectivity index (χ4v) is 0.620. The van der Waals surface area contributed by atoms with Crippen LogP contribution < -0.4 is 5.73 Å². The van der Waals surface area contributed by atoms with Gasteiger partial charge in [0.25, 0.3) is 0 Å². The molecule has 0 aromatic rings. The van der Waals surface area contributed by atoms with Gasteiger partial charge in [0.2, 0.25) is 0 Å². The molecule has 12 heavy (non-hydrogen) atoms. The van der Waals surface area contributed by atoms with Crippen LogP contribution in [0.4, 0.5) is 0 Å². The number of aliphatic hydroxyl groups excluding tert-OH is 1. The zero-order valence-corrected chi connectivity index (χ0v) is 7.68. The van der Waals surface area contributed by atoms with Gasteiger partial charge < -0.3 is 10.8 Å². The second kappa shape index (κ2) is 4.61. The number of Topliss-reactive ketones (excluding diaryl/α,β-unsaturated/α-hetero) is 1. The fraction of sp³-hybridized carbons (Fsp3) is 0.286. The standard InChI is InChI=1S/C7H10N2O2S/c1-4(10)6(5(2)11)3-9-7(8)12/h3,10H,1-2H3,(H2,8,12). The molecule has 3 N–H and O–H groups in total. The largest absolute Gasteiger partial charge is 0.512 e. The topological polar surface area (TPSA) is 75.7 Å². The van der Waals surface area contributed by atoms with Gasteiger partial charge in [0.15, 0.2) is 10.9 Å². The maximum Gasteiger partial charge on any atom is 0.190 e. The molecule has 0 bridgehead atoms. The summed E-state index contributed by atoms with van der Waals surface area (Å²) in [6.07, 6.45) is 1.15. The molecule has 0 aromatic carbocycles. The molecule has 4 nitrogen and oxygen atoms in total. The molecule has 0 radical (unpaired) electrons. The van der Waals surface area contributed by atoms with E-state index < -0.39 is 0 Å². The summed E-state index contributed by atoms with van der Waals surface area (Å²) in [4.78, 5) is 14.3. The highest BCUT2D eigenvalue weighted by atomic mass is 32.1. The van der Waals surface area contributed by atoms with Crippen molar-refractivity contribution in [2.75, 3.05) is 0 Å². The maximum atomic E-state index is 10.8. The van der Waals surface area contributed by atoms with Gasteiger partial charge in [0.1, 0.15) is 5.76 Å². The van der Waals surface area contributed by atoms with E-state index in [0.717, 1.165) is 6.21 Å². The first-order valence-corrected chi connectivity index (χ1v) is 3.60. The fourth-order valence-electron chi connectivity index (χ4n) is 0.567. The minimum atomic E-state index is -0.282. The zero-order valence-electron chi connectivity index (χ0n) is 6.87. The van der Waals surface area contributed by atoms with Crippen LogP contribution >= 0.6 is 12.2 Å². The van der Waals surface area contributed by atoms with Gasteiger partial charge in [-0.25, -0.2) is 4.99 Å². The summed E-state index contributed by atoms with van der Waals surface area (Å²) < 4.78 is 0. The lowest BCUT2D eigenvalue weighted by atomic mass is 10.2. The Hall–Kier alpha value is -1.23. The lowest BCUT2D eigenvalue weighted by Gasteiger charge is -1.96. The lowest BCUT2D eigenvalue weighted by molar-refractivity contribution is -0.113. The van der Waals surface area contributed by atoms with Gasteiger partial charge in [-0.05, 0) is 26.1 Å². The second-order valence-corrected chi connectivity index (χ2v) is 2.57. The lowest BCUT2D eigenvalue weighted by Crippen LogP contribution is -2.07. The number of rotatable bonds is 2. The number of nitrogens with two attached hydrogens (primary N) is 1. The van der Waals surface area contributed by atoms with Crippen molar-refractivity contribution in [2.24, 2.45) is 10.7 Å². The van der Waals surface area contributed by atoms with Crippen molar-refractivity contribution >= 4 is 29.3 Å². The molecule has 0 saturated heterocycles. The van der Waals surface area contributed by atoms with Crippen LogP contribution in [0.3, 0.4) is 0 Å². The first-order chi connectivity index (χ1) is 5.45. The van der Waals surface area contributed by atoms with Crippen molar-refractivity contribution in [1.82, 2.24) is 0 Å². The Morgan fingerprint density at radius 3 is 2.33 bits per heavy atom. The van der Waals surface area contributed by atoms with E-state index in [1.54, 1.807) is 0 Å². The normalized spacial score (nSPS) is 12.8. The number of ketones is 1. The number of carbonyl (C=O) groups excluding carboxylic acids is 1. The molecule has 0 saturated carbocycles. The van der Waals surface area contributed by atoms with Gasteiger partial charge in [0, 0.05) is 6.21 Å². The first-order valence-electron chi connectivity index (χ1n) is 3.19. The van der Waals surface area contributed by atoms with E-state index in [1.807, 2.05) is 0 Å². The van der Waals surface area contributed by atoms with E-state index in [9.17, 15) is 4.79 Å². The molecule has 0 spiro atoms. The molecule has 0 aliphatic carbocycles. The van der Waals surface area contributed by atoms with Crippen LogP contribution in [0.15, 0.2) is 16.3 Å². The Morgan fingerprint density at radius 2 is 2.08 bits per heavy atom. The quantitative estimate of drug-likeness (QED) is 0.288. The number of aliphatic imine (C=N–C) groups is 1. The predicted octanol–water partition coefficient (Wildman–Crippen LogP) is 0.722. The number of aliphatic hydroxyl groups is 1. The smallest absolute Gasteiger partial charge is 0.190 e. The van der Waals surface area contributed by atoms with E-state index in [2.05, 4.69) is 17.2 Å². The van der Waals surface area contributed by atoms with E-state index in [1.165, 1.54) is 13.8 Å². The van der Waals surface area contributed by atoms with Crippen molar-refractivity contribution < 1.29 is 9.90 Å². The third-order valence-electron chi connectivity index (χ3n) is 1.09. The van der Waals surface area contributed by atoms with Crippen molar-refractivity contribution in [2.45, 2.75) is 13.8 Å². The average molecular weight is 186 g/mol. The van der Waals surface area contributed by atoms with Gasteiger partial charge in [0.05, 0.1) is 5.57 Å². The molecule has 0 aromatic heterocycles. The molecular formula is C7H10N2O2S. The Kier molecular flexibility index (Phi) is 4.14. The van der Waals surface area contributed by atoms with Crippen LogP contribution in [0.1, 0.15) is 13.8 Å². The summed E-state index contributed by atoms with van der Waals surface area (Å²) in [5.74, 6) is -0.377. The average Bonchev–Trinajstić information content (AvgIpc) is 1.84. The van der Waals surface area contributed by atoms with Crippen LogP contribution in [0.5, 0.6) is 0 Å². The molecule has 0 amide bonds. The zero-order chi connectivity index (χ0) is 9.72. The Morgan fingerprint density at radius 1 is 1.58 bits per heavy atom. The highest BCUT2D eigenvalue weighted by Gasteiger charge is 2.03. The van der Waals surface area contributed by atoms with E-state index >= 15 is 0 Å². The van der Waals surface area contributed by atoms with Crippen LogP contribution in [0.2, 0.25) is 0 Å². The molecular weight excluding hydrogens is 176 g/mol. The monoisotopic (exact) mass is 186 g/mol. The van der Waals surface area contributed by atoms with Crippen LogP contribution in [0, 0.1) is 0 Å². The number of carbonyl (C=O) groups is 1. The SMILES string of the molecule is CC(=O)C(C=NC(N)=S)=C(C)O. The molecule has 0 aliphatic rings. The summed E-state index contributed by atoms with van der Waals surface area (Å²) >= 11 is 4.45. The van der Waals surface area contributed by atoms with Crippen molar-refractivity contribution in [3.05, 3.63) is 11.3 Å². The Balaban J connectivity index is 4.70. The Labute approximate surface area is 75.8 Å². The molecule has 0 atom stereocenters. The van der Waals surface area contributed by atoms with Crippen molar-refractivity contribution in [3.63, 3.8) is 0 Å².